The molecule has 1 atom stereocenters. The van der Waals surface area contributed by atoms with Gasteiger partial charge in [0, 0.05) is 16.3 Å². The summed E-state index contributed by atoms with van der Waals surface area (Å²) in [7, 11) is 1.64. The zero-order valence-electron chi connectivity index (χ0n) is 15.5. The van der Waals surface area contributed by atoms with Gasteiger partial charge >= 0.3 is 0 Å². The molecule has 3 aromatic carbocycles. The van der Waals surface area contributed by atoms with Crippen molar-refractivity contribution < 1.29 is 9.53 Å². The smallest absolute Gasteiger partial charge is 0.260 e. The fourth-order valence-electron chi connectivity index (χ4n) is 3.23. The topological polar surface area (TPSA) is 50.4 Å². The average molecular weight is 411 g/mol. The van der Waals surface area contributed by atoms with Crippen molar-refractivity contribution in [3.8, 4) is 5.75 Å². The molecule has 0 bridgehead atoms. The van der Waals surface area contributed by atoms with Crippen LogP contribution >= 0.6 is 23.4 Å². The molecule has 0 saturated carbocycles. The number of carbonyl (C=O) groups excluding carboxylic acids is 1. The molecule has 0 aliphatic carbocycles. The largest absolute Gasteiger partial charge is 0.496 e. The van der Waals surface area contributed by atoms with Crippen LogP contribution in [0.15, 0.2) is 59.5 Å². The van der Waals surface area contributed by atoms with Gasteiger partial charge in [-0.25, -0.2) is 0 Å². The lowest BCUT2D eigenvalue weighted by Gasteiger charge is -2.15. The summed E-state index contributed by atoms with van der Waals surface area (Å²) in [6, 6.07) is 17.7. The van der Waals surface area contributed by atoms with Gasteiger partial charge < -0.3 is 15.4 Å². The monoisotopic (exact) mass is 410 g/mol. The van der Waals surface area contributed by atoms with E-state index in [9.17, 15) is 4.79 Å². The van der Waals surface area contributed by atoms with Crippen molar-refractivity contribution in [2.24, 2.45) is 0 Å². The second-order valence-corrected chi connectivity index (χ2v) is 8.07. The number of thioether (sulfide) groups is 1. The normalized spacial score (nSPS) is 17.8. The van der Waals surface area contributed by atoms with Gasteiger partial charge in [0.25, 0.3) is 5.91 Å². The molecule has 3 aromatic rings. The van der Waals surface area contributed by atoms with Crippen LogP contribution in [0.1, 0.15) is 11.1 Å². The van der Waals surface area contributed by atoms with Gasteiger partial charge in [-0.05, 0) is 53.6 Å². The lowest BCUT2D eigenvalue weighted by molar-refractivity contribution is -0.116. The first-order chi connectivity index (χ1) is 13.5. The number of methoxy groups -OCH3 is 1. The number of aryl methyl sites for hydroxylation is 1. The first-order valence-corrected chi connectivity index (χ1v) is 10.1. The summed E-state index contributed by atoms with van der Waals surface area (Å²) in [5.74, 6) is 0.633. The Balaban J connectivity index is 1.64. The number of carbonyl (C=O) groups is 1. The molecule has 0 radical (unpaired) electrons. The third kappa shape index (κ3) is 3.68. The van der Waals surface area contributed by atoms with Crippen LogP contribution in [0.3, 0.4) is 0 Å². The molecule has 1 aliphatic heterocycles. The van der Waals surface area contributed by atoms with Gasteiger partial charge in [-0.2, -0.15) is 0 Å². The van der Waals surface area contributed by atoms with Crippen LogP contribution in [-0.2, 0) is 4.79 Å². The number of hydrogen-bond acceptors (Lipinski definition) is 4. The molecule has 2 N–H and O–H groups in total. The lowest BCUT2D eigenvalue weighted by Crippen LogP contribution is -2.31. The summed E-state index contributed by atoms with van der Waals surface area (Å²) >= 11 is 7.47. The number of fused-ring (bicyclic) bond motifs is 1. The summed E-state index contributed by atoms with van der Waals surface area (Å²) < 4.78 is 5.53. The van der Waals surface area contributed by atoms with Crippen LogP contribution in [0.4, 0.5) is 5.69 Å². The van der Waals surface area contributed by atoms with E-state index in [1.54, 1.807) is 7.11 Å². The second-order valence-electron chi connectivity index (χ2n) is 6.49. The van der Waals surface area contributed by atoms with E-state index < -0.39 is 0 Å². The first-order valence-electron chi connectivity index (χ1n) is 8.83. The number of rotatable bonds is 4. The quantitative estimate of drug-likeness (QED) is 0.564. The summed E-state index contributed by atoms with van der Waals surface area (Å²) in [6.45, 7) is 1.98. The van der Waals surface area contributed by atoms with Gasteiger partial charge in [-0.1, -0.05) is 53.7 Å². The molecule has 0 spiro atoms. The van der Waals surface area contributed by atoms with Crippen molar-refractivity contribution in [3.63, 3.8) is 0 Å². The Labute approximate surface area is 172 Å². The van der Waals surface area contributed by atoms with Crippen LogP contribution in [0.5, 0.6) is 5.75 Å². The molecular formula is C22H19ClN2O2S. The number of benzene rings is 3. The third-order valence-corrected chi connectivity index (χ3v) is 5.90. The molecule has 1 heterocycles. The molecule has 28 heavy (non-hydrogen) atoms. The van der Waals surface area contributed by atoms with Gasteiger partial charge in [0.1, 0.15) is 5.75 Å². The van der Waals surface area contributed by atoms with Gasteiger partial charge in [-0.3, -0.25) is 4.79 Å². The standard InChI is InChI=1S/C22H19ClN2O2S/c1-13-11-15(23)8-9-18(13)24-22-25-21(26)20(28-22)12-17-16-6-4-3-5-14(16)7-10-19(17)27-2/h3-12,22,24H,1-2H3,(H,25,26)/b20-12-. The minimum atomic E-state index is -0.250. The van der Waals surface area contributed by atoms with Crippen molar-refractivity contribution in [1.82, 2.24) is 5.32 Å². The highest BCUT2D eigenvalue weighted by atomic mass is 35.5. The zero-order valence-corrected chi connectivity index (χ0v) is 17.0. The Morgan fingerprint density at radius 2 is 2.00 bits per heavy atom. The molecule has 4 nitrogen and oxygen atoms in total. The van der Waals surface area contributed by atoms with Crippen molar-refractivity contribution in [2.45, 2.75) is 12.4 Å². The van der Waals surface area contributed by atoms with E-state index in [4.69, 9.17) is 16.3 Å². The van der Waals surface area contributed by atoms with E-state index in [1.807, 2.05) is 67.6 Å². The molecule has 1 aliphatic rings. The Morgan fingerprint density at radius 3 is 2.79 bits per heavy atom. The highest BCUT2D eigenvalue weighted by Crippen LogP contribution is 2.36. The van der Waals surface area contributed by atoms with E-state index in [0.29, 0.717) is 9.93 Å². The number of ether oxygens (including phenoxy) is 1. The van der Waals surface area contributed by atoms with Crippen molar-refractivity contribution >= 4 is 51.8 Å². The van der Waals surface area contributed by atoms with Crippen molar-refractivity contribution in [2.75, 3.05) is 12.4 Å². The highest BCUT2D eigenvalue weighted by Gasteiger charge is 2.28. The first kappa shape index (κ1) is 18.7. The number of halogens is 1. The van der Waals surface area contributed by atoms with Gasteiger partial charge in [0.2, 0.25) is 0 Å². The molecule has 142 valence electrons. The van der Waals surface area contributed by atoms with E-state index in [2.05, 4.69) is 10.6 Å². The predicted octanol–water partition coefficient (Wildman–Crippen LogP) is 5.41. The molecule has 0 aromatic heterocycles. The predicted molar refractivity (Wildman–Crippen MR) is 118 cm³/mol. The number of amides is 1. The van der Waals surface area contributed by atoms with Gasteiger partial charge in [-0.15, -0.1) is 0 Å². The van der Waals surface area contributed by atoms with Crippen LogP contribution in [-0.4, -0.2) is 18.5 Å². The maximum atomic E-state index is 12.6. The fraction of sp³-hybridized carbons (Fsp3) is 0.136. The Bertz CT molecular complexity index is 1100. The summed E-state index contributed by atoms with van der Waals surface area (Å²) in [5, 5.41) is 9.16. The van der Waals surface area contributed by atoms with Crippen molar-refractivity contribution in [1.29, 1.82) is 0 Å². The minimum Gasteiger partial charge on any atom is -0.496 e. The van der Waals surface area contributed by atoms with E-state index >= 15 is 0 Å². The molecule has 4 rings (SSSR count). The van der Waals surface area contributed by atoms with E-state index in [1.165, 1.54) is 11.8 Å². The van der Waals surface area contributed by atoms with Gasteiger partial charge in [0.15, 0.2) is 5.50 Å². The molecule has 1 saturated heterocycles. The summed E-state index contributed by atoms with van der Waals surface area (Å²) in [5.41, 5.74) is 2.61. The van der Waals surface area contributed by atoms with Crippen LogP contribution in [0, 0.1) is 6.92 Å². The lowest BCUT2D eigenvalue weighted by atomic mass is 10.0. The molecule has 1 fully saturated rings. The molecule has 1 amide bonds. The Kier molecular flexibility index (Phi) is 5.20. The Morgan fingerprint density at radius 1 is 1.18 bits per heavy atom. The van der Waals surface area contributed by atoms with Crippen LogP contribution < -0.4 is 15.4 Å². The Hall–Kier alpha value is -2.63. The number of hydrogen-bond donors (Lipinski definition) is 2. The molecule has 6 heteroatoms. The average Bonchev–Trinajstić information content (AvgIpc) is 3.03. The van der Waals surface area contributed by atoms with Crippen molar-refractivity contribution in [3.05, 3.63) is 75.7 Å². The summed E-state index contributed by atoms with van der Waals surface area (Å²) in [6.07, 6.45) is 1.90. The third-order valence-electron chi connectivity index (χ3n) is 4.63. The minimum absolute atomic E-state index is 0.107. The SMILES string of the molecule is COc1ccc2ccccc2c1/C=C1\SC(Nc2ccc(Cl)cc2C)NC1=O. The van der Waals surface area contributed by atoms with Crippen LogP contribution in [0.2, 0.25) is 5.02 Å². The zero-order chi connectivity index (χ0) is 19.7. The van der Waals surface area contributed by atoms with Gasteiger partial charge in [0.05, 0.1) is 12.0 Å². The maximum Gasteiger partial charge on any atom is 0.260 e. The molecule has 1 unspecified atom stereocenters. The van der Waals surface area contributed by atoms with Crippen LogP contribution in [0.25, 0.3) is 16.8 Å². The number of nitrogens with one attached hydrogen (secondary N) is 2. The van der Waals surface area contributed by atoms with E-state index in [0.717, 1.165) is 33.3 Å². The maximum absolute atomic E-state index is 12.6. The number of anilines is 1. The molecular weight excluding hydrogens is 392 g/mol. The summed E-state index contributed by atoms with van der Waals surface area (Å²) in [4.78, 5) is 13.2. The highest BCUT2D eigenvalue weighted by molar-refractivity contribution is 8.05. The van der Waals surface area contributed by atoms with E-state index in [-0.39, 0.29) is 11.4 Å². The second kappa shape index (κ2) is 7.78. The fourth-order valence-corrected chi connectivity index (χ4v) is 4.41.